The molecule has 0 radical (unpaired) electrons. The van der Waals surface area contributed by atoms with Crippen LogP contribution in [0.25, 0.3) is 90.5 Å². The van der Waals surface area contributed by atoms with Crippen LogP contribution in [0, 0.1) is 13.8 Å². The highest BCUT2D eigenvalue weighted by Gasteiger charge is 2.18. The van der Waals surface area contributed by atoms with E-state index in [2.05, 4.69) is 34.2 Å². The summed E-state index contributed by atoms with van der Waals surface area (Å²) in [5, 5.41) is 2.00. The van der Waals surface area contributed by atoms with E-state index in [1.807, 2.05) is 141 Å². The molecule has 3 aromatic heterocycles. The van der Waals surface area contributed by atoms with Crippen molar-refractivity contribution >= 4 is 10.8 Å². The predicted molar refractivity (Wildman–Crippen MR) is 212 cm³/mol. The van der Waals surface area contributed by atoms with Crippen molar-refractivity contribution in [3.05, 3.63) is 163 Å². The van der Waals surface area contributed by atoms with Gasteiger partial charge in [0.1, 0.15) is 11.6 Å². The second-order valence-electron chi connectivity index (χ2n) is 12.8. The number of aryl methyl sites for hydroxylation is 2. The van der Waals surface area contributed by atoms with Gasteiger partial charge in [-0.15, -0.1) is 0 Å². The summed E-state index contributed by atoms with van der Waals surface area (Å²) in [5.74, 6) is 5.24. The number of fused-ring (bicyclic) bond motifs is 1. The molecule has 0 atom stereocenters. The third-order valence-corrected chi connectivity index (χ3v) is 8.97. The zero-order valence-corrected chi connectivity index (χ0v) is 29.5. The standard InChI is InChI=1S/C45H31N9/c1-28-46-39(30-15-6-3-7-16-30)50-42(48-28)34-22-14-23-35(26-34)43-52-41(32-19-10-5-11-20-32)53-45(54-43)38-27-36(25-33-21-12-13-24-37(33)38)44-49-29(2)47-40(51-44)31-17-8-4-9-18-31/h3-27H,1-2H3. The van der Waals surface area contributed by atoms with Gasteiger partial charge in [-0.25, -0.2) is 44.9 Å². The molecular weight excluding hydrogens is 667 g/mol. The minimum Gasteiger partial charge on any atom is -0.213 e. The molecule has 0 amide bonds. The van der Waals surface area contributed by atoms with E-state index in [4.69, 9.17) is 34.9 Å². The Hall–Kier alpha value is -7.39. The maximum atomic E-state index is 5.16. The van der Waals surface area contributed by atoms with Crippen LogP contribution in [-0.4, -0.2) is 44.9 Å². The highest BCUT2D eigenvalue weighted by molar-refractivity contribution is 5.98. The van der Waals surface area contributed by atoms with Gasteiger partial charge in [0, 0.05) is 38.9 Å². The molecule has 3 heterocycles. The Morgan fingerprint density at radius 1 is 0.278 bits per heavy atom. The lowest BCUT2D eigenvalue weighted by atomic mass is 9.99. The van der Waals surface area contributed by atoms with Crippen molar-refractivity contribution < 1.29 is 0 Å². The molecule has 0 unspecified atom stereocenters. The summed E-state index contributed by atoms with van der Waals surface area (Å²) in [4.78, 5) is 43.8. The third-order valence-electron chi connectivity index (χ3n) is 8.97. The van der Waals surface area contributed by atoms with E-state index in [1.165, 1.54) is 0 Å². The van der Waals surface area contributed by atoms with Crippen LogP contribution >= 0.6 is 0 Å². The van der Waals surface area contributed by atoms with E-state index in [9.17, 15) is 0 Å². The fourth-order valence-corrected chi connectivity index (χ4v) is 6.42. The van der Waals surface area contributed by atoms with Crippen molar-refractivity contribution in [2.45, 2.75) is 13.8 Å². The highest BCUT2D eigenvalue weighted by Crippen LogP contribution is 2.34. The molecule has 0 aliphatic rings. The van der Waals surface area contributed by atoms with Crippen molar-refractivity contribution in [3.63, 3.8) is 0 Å². The molecule has 0 fully saturated rings. The summed E-state index contributed by atoms with van der Waals surface area (Å²) < 4.78 is 0. The van der Waals surface area contributed by atoms with Crippen molar-refractivity contribution in [1.29, 1.82) is 0 Å². The van der Waals surface area contributed by atoms with Crippen molar-refractivity contribution in [2.24, 2.45) is 0 Å². The quantitative estimate of drug-likeness (QED) is 0.160. The molecule has 6 aromatic carbocycles. The van der Waals surface area contributed by atoms with Crippen LogP contribution in [-0.2, 0) is 0 Å². The Balaban J connectivity index is 1.21. The lowest BCUT2D eigenvalue weighted by molar-refractivity contribution is 0.991. The molecule has 9 aromatic rings. The lowest BCUT2D eigenvalue weighted by Crippen LogP contribution is -2.02. The number of rotatable bonds is 7. The van der Waals surface area contributed by atoms with Crippen LogP contribution in [0.5, 0.6) is 0 Å². The van der Waals surface area contributed by atoms with Crippen LogP contribution in [0.2, 0.25) is 0 Å². The Morgan fingerprint density at radius 3 is 1.17 bits per heavy atom. The van der Waals surface area contributed by atoms with Crippen molar-refractivity contribution in [2.75, 3.05) is 0 Å². The summed E-state index contributed by atoms with van der Waals surface area (Å²) in [5.41, 5.74) is 6.01. The second kappa shape index (κ2) is 14.0. The monoisotopic (exact) mass is 697 g/mol. The van der Waals surface area contributed by atoms with Gasteiger partial charge in [0.25, 0.3) is 0 Å². The number of hydrogen-bond acceptors (Lipinski definition) is 9. The highest BCUT2D eigenvalue weighted by atomic mass is 15.0. The van der Waals surface area contributed by atoms with Gasteiger partial charge in [-0.2, -0.15) is 0 Å². The fraction of sp³-hybridized carbons (Fsp3) is 0.0444. The largest absolute Gasteiger partial charge is 0.213 e. The molecule has 0 saturated carbocycles. The van der Waals surface area contributed by atoms with Crippen LogP contribution in [0.3, 0.4) is 0 Å². The van der Waals surface area contributed by atoms with Gasteiger partial charge >= 0.3 is 0 Å². The predicted octanol–water partition coefficient (Wildman–Crippen LogP) is 9.68. The first-order valence-corrected chi connectivity index (χ1v) is 17.6. The third kappa shape index (κ3) is 6.57. The van der Waals surface area contributed by atoms with E-state index < -0.39 is 0 Å². The summed E-state index contributed by atoms with van der Waals surface area (Å²) >= 11 is 0. The van der Waals surface area contributed by atoms with Crippen molar-refractivity contribution in [3.8, 4) is 79.7 Å². The van der Waals surface area contributed by atoms with Gasteiger partial charge < -0.3 is 0 Å². The Kier molecular flexibility index (Phi) is 8.41. The minimum atomic E-state index is 0.520. The van der Waals surface area contributed by atoms with E-state index in [-0.39, 0.29) is 0 Å². The van der Waals surface area contributed by atoms with E-state index in [0.717, 1.165) is 49.7 Å². The van der Waals surface area contributed by atoms with E-state index >= 15 is 0 Å². The molecule has 0 bridgehead atoms. The average molecular weight is 698 g/mol. The molecule has 9 heteroatoms. The molecule has 0 spiro atoms. The molecule has 0 N–H and O–H groups in total. The molecule has 9 rings (SSSR count). The molecule has 54 heavy (non-hydrogen) atoms. The summed E-state index contributed by atoms with van der Waals surface area (Å²) in [6, 6.07) is 50.2. The normalized spacial score (nSPS) is 11.1. The molecule has 256 valence electrons. The first-order valence-electron chi connectivity index (χ1n) is 17.6. The van der Waals surface area contributed by atoms with E-state index in [1.54, 1.807) is 0 Å². The maximum absolute atomic E-state index is 5.16. The fourth-order valence-electron chi connectivity index (χ4n) is 6.42. The zero-order valence-electron chi connectivity index (χ0n) is 29.5. The van der Waals surface area contributed by atoms with Gasteiger partial charge in [-0.1, -0.05) is 133 Å². The molecule has 0 aliphatic heterocycles. The maximum Gasteiger partial charge on any atom is 0.164 e. The van der Waals surface area contributed by atoms with Gasteiger partial charge in [-0.3, -0.25) is 0 Å². The molecule has 0 saturated heterocycles. The van der Waals surface area contributed by atoms with Gasteiger partial charge in [-0.05, 0) is 42.8 Å². The molecule has 0 aliphatic carbocycles. The Labute approximate surface area is 311 Å². The van der Waals surface area contributed by atoms with E-state index in [0.29, 0.717) is 52.4 Å². The Bertz CT molecular complexity index is 2790. The van der Waals surface area contributed by atoms with Crippen molar-refractivity contribution in [1.82, 2.24) is 44.9 Å². The second-order valence-corrected chi connectivity index (χ2v) is 12.8. The minimum absolute atomic E-state index is 0.520. The first-order chi connectivity index (χ1) is 26.5. The number of nitrogens with zero attached hydrogens (tertiary/aromatic N) is 9. The SMILES string of the molecule is Cc1nc(-c2ccccc2)nc(-c2cccc(-c3nc(-c4ccccc4)nc(-c4cc(-c5nc(C)nc(-c6ccccc6)n5)cc5ccccc45)n3)c2)n1. The summed E-state index contributed by atoms with van der Waals surface area (Å²) in [6.07, 6.45) is 0. The summed E-state index contributed by atoms with van der Waals surface area (Å²) in [7, 11) is 0. The smallest absolute Gasteiger partial charge is 0.164 e. The zero-order chi connectivity index (χ0) is 36.4. The molecule has 9 nitrogen and oxygen atoms in total. The number of aromatic nitrogens is 9. The van der Waals surface area contributed by atoms with Gasteiger partial charge in [0.15, 0.2) is 40.8 Å². The average Bonchev–Trinajstić information content (AvgIpc) is 3.23. The molecular formula is C45H31N9. The van der Waals surface area contributed by atoms with Crippen LogP contribution in [0.15, 0.2) is 152 Å². The van der Waals surface area contributed by atoms with Crippen LogP contribution in [0.4, 0.5) is 0 Å². The Morgan fingerprint density at radius 2 is 0.648 bits per heavy atom. The topological polar surface area (TPSA) is 116 Å². The number of hydrogen-bond donors (Lipinski definition) is 0. The van der Waals surface area contributed by atoms with Crippen LogP contribution in [0.1, 0.15) is 11.6 Å². The first kappa shape index (κ1) is 32.5. The lowest BCUT2D eigenvalue weighted by Gasteiger charge is -2.13. The van der Waals surface area contributed by atoms with Gasteiger partial charge in [0.05, 0.1) is 0 Å². The summed E-state index contributed by atoms with van der Waals surface area (Å²) in [6.45, 7) is 3.77. The van der Waals surface area contributed by atoms with Crippen LogP contribution < -0.4 is 0 Å². The van der Waals surface area contributed by atoms with Gasteiger partial charge in [0.2, 0.25) is 0 Å². The number of benzene rings is 6.